The summed E-state index contributed by atoms with van der Waals surface area (Å²) in [6, 6.07) is 5.97. The van der Waals surface area contributed by atoms with Crippen LogP contribution in [0.4, 0.5) is 11.4 Å². The molecule has 1 unspecified atom stereocenters. The molecule has 0 saturated carbocycles. The topological polar surface area (TPSA) is 116 Å². The molecule has 2 aromatic rings. The molecule has 1 N–H and O–H groups in total. The first-order valence-corrected chi connectivity index (χ1v) is 7.49. The van der Waals surface area contributed by atoms with Crippen molar-refractivity contribution in [2.45, 2.75) is 23.9 Å². The quantitative estimate of drug-likeness (QED) is 0.356. The molecule has 0 aliphatic rings. The first-order chi connectivity index (χ1) is 11.0. The molecule has 0 radical (unpaired) electrons. The molecule has 1 heterocycles. The third-order valence-electron chi connectivity index (χ3n) is 2.81. The van der Waals surface area contributed by atoms with Crippen LogP contribution in [0.2, 0.25) is 0 Å². The Balaban J connectivity index is 2.07. The van der Waals surface area contributed by atoms with Gasteiger partial charge in [0, 0.05) is 6.07 Å². The van der Waals surface area contributed by atoms with Crippen molar-refractivity contribution in [1.29, 1.82) is 0 Å². The number of hydrogen-bond acceptors (Lipinski definition) is 7. The molecule has 23 heavy (non-hydrogen) atoms. The molecule has 10 heteroatoms. The maximum absolute atomic E-state index is 12.2. The van der Waals surface area contributed by atoms with Gasteiger partial charge in [-0.25, -0.2) is 4.68 Å². The molecule has 2 rings (SSSR count). The maximum Gasteiger partial charge on any atom is 0.292 e. The number of tetrazole rings is 1. The number of benzene rings is 1. The molecule has 9 nitrogen and oxygen atoms in total. The number of nitrogens with zero attached hydrogens (tertiary/aromatic N) is 5. The van der Waals surface area contributed by atoms with Crippen LogP contribution < -0.4 is 5.32 Å². The van der Waals surface area contributed by atoms with Gasteiger partial charge in [-0.15, -0.1) is 11.7 Å². The lowest BCUT2D eigenvalue weighted by Gasteiger charge is -2.11. The van der Waals surface area contributed by atoms with Gasteiger partial charge in [0.1, 0.15) is 5.69 Å². The fourth-order valence-corrected chi connectivity index (χ4v) is 2.50. The number of para-hydroxylation sites is 2. The number of carbonyl (C=O) groups is 1. The van der Waals surface area contributed by atoms with Crippen molar-refractivity contribution in [3.05, 3.63) is 47.0 Å². The molecule has 1 amide bonds. The SMILES string of the molecule is C=CCn1nnnc1SC(C)C(=O)Nc1ccccc1[N+](=O)[O-]. The van der Waals surface area contributed by atoms with Gasteiger partial charge in [0.25, 0.3) is 5.69 Å². The van der Waals surface area contributed by atoms with Gasteiger partial charge >= 0.3 is 0 Å². The number of carbonyl (C=O) groups excluding carboxylic acids is 1. The first kappa shape index (κ1) is 16.6. The average Bonchev–Trinajstić information content (AvgIpc) is 2.95. The molecule has 0 spiro atoms. The maximum atomic E-state index is 12.2. The van der Waals surface area contributed by atoms with Crippen molar-refractivity contribution >= 4 is 29.0 Å². The standard InChI is InChI=1S/C13H14N6O3S/c1-3-8-18-13(15-16-17-18)23-9(2)12(20)14-10-6-4-5-7-11(10)19(21)22/h3-7,9H,1,8H2,2H3,(H,14,20). The summed E-state index contributed by atoms with van der Waals surface area (Å²) in [5, 5.41) is 24.6. The second kappa shape index (κ2) is 7.49. The number of nitro benzene ring substituents is 1. The Labute approximate surface area is 135 Å². The van der Waals surface area contributed by atoms with Crippen molar-refractivity contribution in [1.82, 2.24) is 20.2 Å². The summed E-state index contributed by atoms with van der Waals surface area (Å²) < 4.78 is 1.51. The fourth-order valence-electron chi connectivity index (χ4n) is 1.70. The third-order valence-corrected chi connectivity index (χ3v) is 3.88. The molecule has 1 atom stereocenters. The van der Waals surface area contributed by atoms with Crippen LogP contribution in [-0.2, 0) is 11.3 Å². The Morgan fingerprint density at radius 3 is 3.00 bits per heavy atom. The number of aromatic nitrogens is 4. The van der Waals surface area contributed by atoms with Crippen LogP contribution in [0, 0.1) is 10.1 Å². The molecule has 0 saturated heterocycles. The fraction of sp³-hybridized carbons (Fsp3) is 0.231. The van der Waals surface area contributed by atoms with Gasteiger partial charge < -0.3 is 5.32 Å². The lowest BCUT2D eigenvalue weighted by atomic mass is 10.2. The normalized spacial score (nSPS) is 11.7. The summed E-state index contributed by atoms with van der Waals surface area (Å²) in [6.07, 6.45) is 1.64. The summed E-state index contributed by atoms with van der Waals surface area (Å²) in [5.41, 5.74) is -0.00447. The summed E-state index contributed by atoms with van der Waals surface area (Å²) in [4.78, 5) is 22.6. The zero-order chi connectivity index (χ0) is 16.8. The van der Waals surface area contributed by atoms with E-state index in [1.807, 2.05) is 0 Å². The smallest absolute Gasteiger partial charge is 0.292 e. The van der Waals surface area contributed by atoms with E-state index < -0.39 is 10.2 Å². The van der Waals surface area contributed by atoms with E-state index in [2.05, 4.69) is 27.4 Å². The Morgan fingerprint density at radius 1 is 1.57 bits per heavy atom. The van der Waals surface area contributed by atoms with E-state index in [1.54, 1.807) is 19.1 Å². The number of thioether (sulfide) groups is 1. The molecule has 0 fully saturated rings. The summed E-state index contributed by atoms with van der Waals surface area (Å²) in [5.74, 6) is -0.377. The van der Waals surface area contributed by atoms with Crippen LogP contribution in [0.5, 0.6) is 0 Å². The van der Waals surface area contributed by atoms with Crippen molar-refractivity contribution < 1.29 is 9.72 Å². The highest BCUT2D eigenvalue weighted by Gasteiger charge is 2.21. The second-order valence-corrected chi connectivity index (χ2v) is 5.76. The molecular formula is C13H14N6O3S. The summed E-state index contributed by atoms with van der Waals surface area (Å²) in [6.45, 7) is 5.70. The lowest BCUT2D eigenvalue weighted by Crippen LogP contribution is -2.23. The highest BCUT2D eigenvalue weighted by Crippen LogP contribution is 2.26. The first-order valence-electron chi connectivity index (χ1n) is 6.61. The molecular weight excluding hydrogens is 320 g/mol. The van der Waals surface area contributed by atoms with Gasteiger partial charge in [0.15, 0.2) is 0 Å². The van der Waals surface area contributed by atoms with Crippen LogP contribution in [0.1, 0.15) is 6.92 Å². The van der Waals surface area contributed by atoms with Crippen LogP contribution in [0.25, 0.3) is 0 Å². The van der Waals surface area contributed by atoms with E-state index in [4.69, 9.17) is 0 Å². The Kier molecular flexibility index (Phi) is 5.41. The summed E-state index contributed by atoms with van der Waals surface area (Å²) in [7, 11) is 0. The van der Waals surface area contributed by atoms with Gasteiger partial charge in [-0.2, -0.15) is 0 Å². The van der Waals surface area contributed by atoms with E-state index in [0.717, 1.165) is 11.8 Å². The number of allylic oxidation sites excluding steroid dienone is 1. The van der Waals surface area contributed by atoms with Crippen LogP contribution in [0.15, 0.2) is 42.1 Å². The minimum Gasteiger partial charge on any atom is -0.319 e. The zero-order valence-corrected chi connectivity index (χ0v) is 13.1. The number of nitrogens with one attached hydrogen (secondary N) is 1. The second-order valence-electron chi connectivity index (χ2n) is 4.46. The van der Waals surface area contributed by atoms with Gasteiger partial charge in [-0.3, -0.25) is 14.9 Å². The van der Waals surface area contributed by atoms with Gasteiger partial charge in [0.2, 0.25) is 11.1 Å². The Bertz CT molecular complexity index is 732. The van der Waals surface area contributed by atoms with Crippen LogP contribution in [0.3, 0.4) is 0 Å². The van der Waals surface area contributed by atoms with E-state index in [9.17, 15) is 14.9 Å². The van der Waals surface area contributed by atoms with Crippen molar-refractivity contribution in [2.24, 2.45) is 0 Å². The van der Waals surface area contributed by atoms with E-state index in [0.29, 0.717) is 11.7 Å². The lowest BCUT2D eigenvalue weighted by molar-refractivity contribution is -0.383. The van der Waals surface area contributed by atoms with Crippen molar-refractivity contribution in [3.63, 3.8) is 0 Å². The Morgan fingerprint density at radius 2 is 2.30 bits per heavy atom. The Hall–Kier alpha value is -2.75. The highest BCUT2D eigenvalue weighted by molar-refractivity contribution is 8.00. The molecule has 120 valence electrons. The number of amides is 1. The number of hydrogen-bond donors (Lipinski definition) is 1. The minimum atomic E-state index is -0.544. The van der Waals surface area contributed by atoms with Gasteiger partial charge in [-0.05, 0) is 23.4 Å². The van der Waals surface area contributed by atoms with E-state index in [1.165, 1.54) is 22.9 Å². The number of nitro groups is 1. The molecule has 0 bridgehead atoms. The highest BCUT2D eigenvalue weighted by atomic mass is 32.2. The predicted octanol–water partition coefficient (Wildman–Crippen LogP) is 1.89. The number of rotatable bonds is 7. The monoisotopic (exact) mass is 334 g/mol. The predicted molar refractivity (Wildman–Crippen MR) is 85.1 cm³/mol. The van der Waals surface area contributed by atoms with Crippen LogP contribution in [-0.4, -0.2) is 36.3 Å². The molecule has 0 aliphatic heterocycles. The zero-order valence-electron chi connectivity index (χ0n) is 12.2. The summed E-state index contributed by atoms with van der Waals surface area (Å²) >= 11 is 1.16. The van der Waals surface area contributed by atoms with Gasteiger partial charge in [-0.1, -0.05) is 30.0 Å². The minimum absolute atomic E-state index is 0.153. The largest absolute Gasteiger partial charge is 0.319 e. The molecule has 0 aliphatic carbocycles. The van der Waals surface area contributed by atoms with E-state index in [-0.39, 0.29) is 17.3 Å². The average molecular weight is 334 g/mol. The third kappa shape index (κ3) is 4.13. The van der Waals surface area contributed by atoms with Crippen molar-refractivity contribution in [2.75, 3.05) is 5.32 Å². The molecule has 1 aromatic heterocycles. The number of anilines is 1. The van der Waals surface area contributed by atoms with E-state index >= 15 is 0 Å². The molecule has 1 aromatic carbocycles. The van der Waals surface area contributed by atoms with Crippen molar-refractivity contribution in [3.8, 4) is 0 Å². The van der Waals surface area contributed by atoms with Gasteiger partial charge in [0.05, 0.1) is 16.7 Å². The van der Waals surface area contributed by atoms with Crippen LogP contribution >= 0.6 is 11.8 Å².